The molecular weight excluding hydrogens is 399 g/mol. The van der Waals surface area contributed by atoms with E-state index < -0.39 is 5.66 Å². The Morgan fingerprint density at radius 3 is 2.41 bits per heavy atom. The van der Waals surface area contributed by atoms with Crippen molar-refractivity contribution in [2.45, 2.75) is 37.8 Å². The Bertz CT molecular complexity index is 936. The van der Waals surface area contributed by atoms with Gasteiger partial charge in [-0.2, -0.15) is 0 Å². The first-order chi connectivity index (χ1) is 13.0. The van der Waals surface area contributed by atoms with Crippen LogP contribution >= 0.6 is 35.4 Å². The third-order valence-electron chi connectivity index (χ3n) is 5.21. The molecule has 1 heterocycles. The summed E-state index contributed by atoms with van der Waals surface area (Å²) in [6, 6.07) is 14.5. The molecule has 2 aliphatic rings. The van der Waals surface area contributed by atoms with Crippen LogP contribution in [0.4, 0.5) is 0 Å². The zero-order valence-electron chi connectivity index (χ0n) is 14.6. The molecule has 1 aliphatic carbocycles. The van der Waals surface area contributed by atoms with Gasteiger partial charge in [-0.25, -0.2) is 0 Å². The van der Waals surface area contributed by atoms with E-state index in [-0.39, 0.29) is 5.91 Å². The maximum absolute atomic E-state index is 13.4. The fourth-order valence-electron chi connectivity index (χ4n) is 3.90. The van der Waals surface area contributed by atoms with Gasteiger partial charge in [-0.05, 0) is 56.0 Å². The molecule has 0 aromatic heterocycles. The number of carbonyl (C=O) groups excluding carboxylic acids is 1. The smallest absolute Gasteiger partial charge is 0.260 e. The number of thiocarbonyl (C=S) groups is 1. The van der Waals surface area contributed by atoms with E-state index in [1.165, 1.54) is 0 Å². The number of hydrogen-bond donors (Lipinski definition) is 0. The number of benzene rings is 2. The van der Waals surface area contributed by atoms with Crippen molar-refractivity contribution >= 4 is 52.0 Å². The van der Waals surface area contributed by atoms with Crippen LogP contribution in [-0.2, 0) is 0 Å². The van der Waals surface area contributed by atoms with E-state index in [0.29, 0.717) is 26.3 Å². The standard InChI is InChI=1S/C21H18Cl2N2OS/c22-15-9-10-16(17(23)13-15)18-20(27)25(19(26)14-7-3-1-4-8-14)21(24-18)11-5-2-6-12-21/h1,3-4,7-10,13H,2,5-6,11-12H2. The third-order valence-corrected chi connectivity index (χ3v) is 6.13. The number of rotatable bonds is 2. The molecule has 138 valence electrons. The lowest BCUT2D eigenvalue weighted by Crippen LogP contribution is -2.50. The largest absolute Gasteiger partial charge is 0.271 e. The van der Waals surface area contributed by atoms with Crippen molar-refractivity contribution in [3.8, 4) is 0 Å². The molecule has 0 saturated heterocycles. The van der Waals surface area contributed by atoms with Gasteiger partial charge < -0.3 is 0 Å². The van der Waals surface area contributed by atoms with E-state index in [4.69, 9.17) is 40.4 Å². The van der Waals surface area contributed by atoms with E-state index in [9.17, 15) is 4.79 Å². The SMILES string of the molecule is O=C(c1ccccc1)N1C(=S)C(c2ccc(Cl)cc2Cl)=NC12CCCCC2. The highest BCUT2D eigenvalue weighted by Gasteiger charge is 2.49. The summed E-state index contributed by atoms with van der Waals surface area (Å²) in [7, 11) is 0. The summed E-state index contributed by atoms with van der Waals surface area (Å²) in [5, 5.41) is 1.04. The van der Waals surface area contributed by atoms with Crippen molar-refractivity contribution in [1.29, 1.82) is 0 Å². The lowest BCUT2D eigenvalue weighted by molar-refractivity contribution is 0.0648. The van der Waals surface area contributed by atoms with Crippen LogP contribution in [0, 0.1) is 0 Å². The molecule has 0 atom stereocenters. The second kappa shape index (κ2) is 7.34. The Morgan fingerprint density at radius 2 is 1.74 bits per heavy atom. The first kappa shape index (κ1) is 18.6. The predicted octanol–water partition coefficient (Wildman–Crippen LogP) is 5.93. The second-order valence-corrected chi connectivity index (χ2v) is 8.17. The normalized spacial score (nSPS) is 18.7. The van der Waals surface area contributed by atoms with Crippen LogP contribution in [0.5, 0.6) is 0 Å². The second-order valence-electron chi connectivity index (χ2n) is 6.94. The molecule has 27 heavy (non-hydrogen) atoms. The number of amides is 1. The fourth-order valence-corrected chi connectivity index (χ4v) is 4.81. The maximum atomic E-state index is 13.4. The van der Waals surface area contributed by atoms with Crippen molar-refractivity contribution in [3.05, 3.63) is 69.7 Å². The third kappa shape index (κ3) is 3.31. The molecule has 0 bridgehead atoms. The topological polar surface area (TPSA) is 32.7 Å². The zero-order chi connectivity index (χ0) is 19.0. The lowest BCUT2D eigenvalue weighted by atomic mass is 9.88. The van der Waals surface area contributed by atoms with Gasteiger partial charge in [0.15, 0.2) is 0 Å². The van der Waals surface area contributed by atoms with Crippen LogP contribution in [0.15, 0.2) is 53.5 Å². The molecule has 0 unspecified atom stereocenters. The van der Waals surface area contributed by atoms with Gasteiger partial charge in [0.05, 0.1) is 5.02 Å². The average molecular weight is 417 g/mol. The van der Waals surface area contributed by atoms with Gasteiger partial charge >= 0.3 is 0 Å². The number of halogens is 2. The maximum Gasteiger partial charge on any atom is 0.260 e. The highest BCUT2D eigenvalue weighted by atomic mass is 35.5. The van der Waals surface area contributed by atoms with Gasteiger partial charge in [-0.15, -0.1) is 0 Å². The minimum Gasteiger partial charge on any atom is -0.271 e. The predicted molar refractivity (Wildman–Crippen MR) is 114 cm³/mol. The number of aliphatic imine (C=N–C) groups is 1. The Kier molecular flexibility index (Phi) is 5.06. The van der Waals surface area contributed by atoms with E-state index in [0.717, 1.165) is 37.7 Å². The summed E-state index contributed by atoms with van der Waals surface area (Å²) >= 11 is 18.2. The van der Waals surface area contributed by atoms with Gasteiger partial charge in [0.2, 0.25) is 0 Å². The van der Waals surface area contributed by atoms with Crippen LogP contribution < -0.4 is 0 Å². The molecule has 1 amide bonds. The Hall–Kier alpha value is -1.75. The van der Waals surface area contributed by atoms with Gasteiger partial charge in [-0.3, -0.25) is 14.7 Å². The molecule has 1 aliphatic heterocycles. The molecule has 4 rings (SSSR count). The fraction of sp³-hybridized carbons (Fsp3) is 0.286. The summed E-state index contributed by atoms with van der Waals surface area (Å²) in [6.07, 6.45) is 4.80. The monoisotopic (exact) mass is 416 g/mol. The summed E-state index contributed by atoms with van der Waals surface area (Å²) < 4.78 is 0. The van der Waals surface area contributed by atoms with Gasteiger partial charge in [-0.1, -0.05) is 60.0 Å². The summed E-state index contributed by atoms with van der Waals surface area (Å²) in [5.41, 5.74) is 1.33. The molecule has 1 fully saturated rings. The molecule has 2 aromatic carbocycles. The van der Waals surface area contributed by atoms with Crippen LogP contribution in [0.3, 0.4) is 0 Å². The lowest BCUT2D eigenvalue weighted by Gasteiger charge is -2.38. The number of hydrogen-bond acceptors (Lipinski definition) is 3. The van der Waals surface area contributed by atoms with Crippen LogP contribution in [0.25, 0.3) is 0 Å². The molecule has 0 radical (unpaired) electrons. The summed E-state index contributed by atoms with van der Waals surface area (Å²) in [6.45, 7) is 0. The number of nitrogens with zero attached hydrogens (tertiary/aromatic N) is 2. The minimum absolute atomic E-state index is 0.105. The van der Waals surface area contributed by atoms with Gasteiger partial charge in [0, 0.05) is 16.1 Å². The molecule has 6 heteroatoms. The van der Waals surface area contributed by atoms with Crippen LogP contribution in [0.2, 0.25) is 10.0 Å². The first-order valence-corrected chi connectivity index (χ1v) is 10.2. The molecule has 1 spiro atoms. The van der Waals surface area contributed by atoms with Crippen molar-refractivity contribution in [2.24, 2.45) is 4.99 Å². The van der Waals surface area contributed by atoms with Gasteiger partial charge in [0.25, 0.3) is 5.91 Å². The Balaban J connectivity index is 1.80. The highest BCUT2D eigenvalue weighted by Crippen LogP contribution is 2.41. The van der Waals surface area contributed by atoms with E-state index >= 15 is 0 Å². The molecular formula is C21H18Cl2N2OS. The Morgan fingerprint density at radius 1 is 1.04 bits per heavy atom. The molecule has 3 nitrogen and oxygen atoms in total. The van der Waals surface area contributed by atoms with E-state index in [1.54, 1.807) is 17.0 Å². The summed E-state index contributed by atoms with van der Waals surface area (Å²) in [4.78, 5) is 20.5. The molecule has 1 saturated carbocycles. The molecule has 0 N–H and O–H groups in total. The van der Waals surface area contributed by atoms with Crippen LogP contribution in [0.1, 0.15) is 48.0 Å². The average Bonchev–Trinajstić information content (AvgIpc) is 2.94. The van der Waals surface area contributed by atoms with Crippen molar-refractivity contribution in [1.82, 2.24) is 4.90 Å². The van der Waals surface area contributed by atoms with Crippen molar-refractivity contribution < 1.29 is 4.79 Å². The van der Waals surface area contributed by atoms with Gasteiger partial charge in [0.1, 0.15) is 16.4 Å². The highest BCUT2D eigenvalue weighted by molar-refractivity contribution is 7.82. The minimum atomic E-state index is -0.611. The van der Waals surface area contributed by atoms with Crippen molar-refractivity contribution in [3.63, 3.8) is 0 Å². The Labute approximate surface area is 174 Å². The zero-order valence-corrected chi connectivity index (χ0v) is 16.9. The van der Waals surface area contributed by atoms with E-state index in [2.05, 4.69) is 0 Å². The molecule has 2 aromatic rings. The first-order valence-electron chi connectivity index (χ1n) is 9.01. The number of carbonyl (C=O) groups is 1. The quantitative estimate of drug-likeness (QED) is 0.568. The van der Waals surface area contributed by atoms with Crippen LogP contribution in [-0.4, -0.2) is 27.2 Å². The van der Waals surface area contributed by atoms with Crippen molar-refractivity contribution in [2.75, 3.05) is 0 Å². The summed E-state index contributed by atoms with van der Waals surface area (Å²) in [5.74, 6) is -0.105. The van der Waals surface area contributed by atoms with E-state index in [1.807, 2.05) is 36.4 Å².